The first-order valence-electron chi connectivity index (χ1n) is 6.18. The van der Waals surface area contributed by atoms with Gasteiger partial charge < -0.3 is 20.5 Å². The molecule has 0 bridgehead atoms. The standard InChI is InChI=1S/C12H14ClN3O5/c13-9-3-7(4-10(11(9)14)16(19)20)12(18)15-1-2-21-6-8(15)5-17/h3-4,8,17H,1-2,5-6,14H2. The van der Waals surface area contributed by atoms with Gasteiger partial charge in [-0.1, -0.05) is 11.6 Å². The number of nitro groups is 1. The minimum atomic E-state index is -0.694. The summed E-state index contributed by atoms with van der Waals surface area (Å²) in [5.41, 5.74) is 4.98. The predicted molar refractivity (Wildman–Crippen MR) is 75.2 cm³/mol. The third-order valence-corrected chi connectivity index (χ3v) is 3.56. The highest BCUT2D eigenvalue weighted by Crippen LogP contribution is 2.31. The number of nitrogens with two attached hydrogens (primary N) is 1. The molecule has 114 valence electrons. The summed E-state index contributed by atoms with van der Waals surface area (Å²) in [6, 6.07) is 1.89. The molecule has 1 aromatic rings. The Kier molecular flexibility index (Phi) is 4.61. The lowest BCUT2D eigenvalue weighted by Gasteiger charge is -2.34. The zero-order valence-corrected chi connectivity index (χ0v) is 11.7. The minimum absolute atomic E-state index is 0.0543. The fraction of sp³-hybridized carbons (Fsp3) is 0.417. The van der Waals surface area contributed by atoms with Crippen LogP contribution in [0.15, 0.2) is 12.1 Å². The van der Waals surface area contributed by atoms with Crippen LogP contribution in [-0.4, -0.2) is 53.2 Å². The fourth-order valence-corrected chi connectivity index (χ4v) is 2.33. The number of hydrogen-bond donors (Lipinski definition) is 2. The number of morpholine rings is 1. The number of aliphatic hydroxyl groups excluding tert-OH is 1. The lowest BCUT2D eigenvalue weighted by atomic mass is 10.1. The van der Waals surface area contributed by atoms with Crippen LogP contribution >= 0.6 is 11.6 Å². The first kappa shape index (κ1) is 15.5. The van der Waals surface area contributed by atoms with E-state index in [2.05, 4.69) is 0 Å². The average molecular weight is 316 g/mol. The molecule has 0 spiro atoms. The van der Waals surface area contributed by atoms with Crippen molar-refractivity contribution < 1.29 is 19.6 Å². The number of anilines is 1. The van der Waals surface area contributed by atoms with Crippen LogP contribution in [0.25, 0.3) is 0 Å². The normalized spacial score (nSPS) is 18.6. The van der Waals surface area contributed by atoms with E-state index >= 15 is 0 Å². The second-order valence-electron chi connectivity index (χ2n) is 4.56. The third-order valence-electron chi connectivity index (χ3n) is 3.25. The van der Waals surface area contributed by atoms with E-state index in [1.54, 1.807) is 0 Å². The smallest absolute Gasteiger partial charge is 0.294 e. The van der Waals surface area contributed by atoms with Gasteiger partial charge >= 0.3 is 0 Å². The quantitative estimate of drug-likeness (QED) is 0.480. The Bertz CT molecular complexity index is 580. The van der Waals surface area contributed by atoms with Crippen LogP contribution in [0.4, 0.5) is 11.4 Å². The topological polar surface area (TPSA) is 119 Å². The number of nitrogens with zero attached hydrogens (tertiary/aromatic N) is 2. The fourth-order valence-electron chi connectivity index (χ4n) is 2.12. The number of carbonyl (C=O) groups is 1. The molecule has 1 aliphatic rings. The minimum Gasteiger partial charge on any atom is -0.394 e. The number of amides is 1. The molecule has 8 nitrogen and oxygen atoms in total. The van der Waals surface area contributed by atoms with Gasteiger partial charge in [0, 0.05) is 18.2 Å². The molecule has 1 aliphatic heterocycles. The Hall–Kier alpha value is -1.90. The number of hydrogen-bond acceptors (Lipinski definition) is 6. The summed E-state index contributed by atoms with van der Waals surface area (Å²) < 4.78 is 5.19. The maximum Gasteiger partial charge on any atom is 0.294 e. The predicted octanol–water partition coefficient (Wildman–Crippen LogP) is 0.664. The maximum absolute atomic E-state index is 12.4. The monoisotopic (exact) mass is 315 g/mol. The number of nitrogen functional groups attached to an aromatic ring is 1. The molecule has 1 aromatic carbocycles. The molecule has 2 rings (SSSR count). The van der Waals surface area contributed by atoms with Crippen LogP contribution in [0.3, 0.4) is 0 Å². The average Bonchev–Trinajstić information content (AvgIpc) is 2.48. The lowest BCUT2D eigenvalue weighted by Crippen LogP contribution is -2.50. The van der Waals surface area contributed by atoms with Gasteiger partial charge in [-0.25, -0.2) is 0 Å². The molecule has 1 saturated heterocycles. The summed E-state index contributed by atoms with van der Waals surface area (Å²) in [5, 5.41) is 20.1. The molecule has 0 radical (unpaired) electrons. The van der Waals surface area contributed by atoms with Crippen molar-refractivity contribution in [3.63, 3.8) is 0 Å². The Morgan fingerprint density at radius 2 is 2.33 bits per heavy atom. The van der Waals surface area contributed by atoms with Gasteiger partial charge in [0.15, 0.2) is 0 Å². The molecule has 1 amide bonds. The first-order valence-corrected chi connectivity index (χ1v) is 6.56. The molecule has 0 aromatic heterocycles. The Balaban J connectivity index is 2.36. The van der Waals surface area contributed by atoms with Crippen molar-refractivity contribution in [2.75, 3.05) is 32.1 Å². The molecule has 1 heterocycles. The summed E-state index contributed by atoms with van der Waals surface area (Å²) in [6.45, 7) is 0.594. The van der Waals surface area contributed by atoms with Crippen molar-refractivity contribution in [3.8, 4) is 0 Å². The van der Waals surface area contributed by atoms with Gasteiger partial charge in [0.25, 0.3) is 11.6 Å². The number of carbonyl (C=O) groups excluding carboxylic acids is 1. The van der Waals surface area contributed by atoms with E-state index in [1.807, 2.05) is 0 Å². The SMILES string of the molecule is Nc1c(Cl)cc(C(=O)N2CCOCC2CO)cc1[N+](=O)[O-]. The largest absolute Gasteiger partial charge is 0.394 e. The zero-order valence-electron chi connectivity index (χ0n) is 11.0. The van der Waals surface area contributed by atoms with Crippen molar-refractivity contribution in [1.29, 1.82) is 0 Å². The van der Waals surface area contributed by atoms with E-state index in [0.29, 0.717) is 13.2 Å². The van der Waals surface area contributed by atoms with Crippen LogP contribution in [-0.2, 0) is 4.74 Å². The maximum atomic E-state index is 12.4. The first-order chi connectivity index (χ1) is 9.95. The molecule has 0 aliphatic carbocycles. The van der Waals surface area contributed by atoms with Crippen molar-refractivity contribution in [3.05, 3.63) is 32.8 Å². The lowest BCUT2D eigenvalue weighted by molar-refractivity contribution is -0.383. The van der Waals surface area contributed by atoms with Gasteiger partial charge in [0.05, 0.1) is 35.8 Å². The van der Waals surface area contributed by atoms with Crippen molar-refractivity contribution >= 4 is 28.9 Å². The number of ether oxygens (including phenoxy) is 1. The number of halogens is 1. The zero-order chi connectivity index (χ0) is 15.6. The molecule has 0 saturated carbocycles. The van der Waals surface area contributed by atoms with Gasteiger partial charge in [-0.15, -0.1) is 0 Å². The third kappa shape index (κ3) is 3.07. The van der Waals surface area contributed by atoms with E-state index < -0.39 is 22.6 Å². The van der Waals surface area contributed by atoms with E-state index in [0.717, 1.165) is 6.07 Å². The summed E-state index contributed by atoms with van der Waals surface area (Å²) in [4.78, 5) is 24.1. The molecule has 1 unspecified atom stereocenters. The van der Waals surface area contributed by atoms with Crippen LogP contribution < -0.4 is 5.73 Å². The highest BCUT2D eigenvalue weighted by Gasteiger charge is 2.29. The molecular weight excluding hydrogens is 302 g/mol. The Morgan fingerprint density at radius 1 is 1.62 bits per heavy atom. The molecule has 1 fully saturated rings. The molecule has 9 heteroatoms. The van der Waals surface area contributed by atoms with Crippen molar-refractivity contribution in [1.82, 2.24) is 4.90 Å². The van der Waals surface area contributed by atoms with Crippen molar-refractivity contribution in [2.24, 2.45) is 0 Å². The molecular formula is C12H14ClN3O5. The Morgan fingerprint density at radius 3 is 2.95 bits per heavy atom. The summed E-state index contributed by atoms with van der Waals surface area (Å²) in [5.74, 6) is -0.456. The van der Waals surface area contributed by atoms with Crippen LogP contribution in [0, 0.1) is 10.1 Å². The second-order valence-corrected chi connectivity index (χ2v) is 4.97. The van der Waals surface area contributed by atoms with Gasteiger partial charge in [0.1, 0.15) is 5.69 Å². The van der Waals surface area contributed by atoms with E-state index in [4.69, 9.17) is 22.1 Å². The molecule has 21 heavy (non-hydrogen) atoms. The second kappa shape index (κ2) is 6.25. The number of benzene rings is 1. The van der Waals surface area contributed by atoms with E-state index in [-0.39, 0.29) is 29.5 Å². The van der Waals surface area contributed by atoms with Gasteiger partial charge in [-0.05, 0) is 6.07 Å². The van der Waals surface area contributed by atoms with Crippen LogP contribution in [0.2, 0.25) is 5.02 Å². The Labute approximate surface area is 125 Å². The molecule has 3 N–H and O–H groups in total. The van der Waals surface area contributed by atoms with Gasteiger partial charge in [-0.2, -0.15) is 0 Å². The number of rotatable bonds is 3. The summed E-state index contributed by atoms with van der Waals surface area (Å²) in [6.07, 6.45) is 0. The molecule has 1 atom stereocenters. The van der Waals surface area contributed by atoms with Gasteiger partial charge in [0.2, 0.25) is 0 Å². The van der Waals surface area contributed by atoms with Crippen LogP contribution in [0.1, 0.15) is 10.4 Å². The van der Waals surface area contributed by atoms with E-state index in [9.17, 15) is 20.0 Å². The number of aliphatic hydroxyl groups is 1. The highest BCUT2D eigenvalue weighted by molar-refractivity contribution is 6.34. The highest BCUT2D eigenvalue weighted by atomic mass is 35.5. The van der Waals surface area contributed by atoms with Gasteiger partial charge in [-0.3, -0.25) is 14.9 Å². The number of nitro benzene ring substituents is 1. The summed E-state index contributed by atoms with van der Waals surface area (Å²) >= 11 is 5.84. The van der Waals surface area contributed by atoms with Crippen molar-refractivity contribution in [2.45, 2.75) is 6.04 Å². The van der Waals surface area contributed by atoms with E-state index in [1.165, 1.54) is 11.0 Å². The van der Waals surface area contributed by atoms with Crippen LogP contribution in [0.5, 0.6) is 0 Å². The summed E-state index contributed by atoms with van der Waals surface area (Å²) in [7, 11) is 0.